The Labute approximate surface area is 533 Å². The number of fused-ring (bicyclic) bond motifs is 3. The molecular weight excluding hydrogens is 1170 g/mol. The van der Waals surface area contributed by atoms with Gasteiger partial charge in [-0.25, -0.2) is 0 Å². The fraction of sp³-hybridized carbons (Fsp3) is 0.606. The number of nitrogens with two attached hydrogens (primary N) is 1. The molecule has 7 rings (SSSR count). The minimum absolute atomic E-state index is 0.0147. The van der Waals surface area contributed by atoms with Crippen molar-refractivity contribution in [3.05, 3.63) is 83.7 Å². The average molecular weight is 1260 g/mol. The van der Waals surface area contributed by atoms with Crippen LogP contribution in [0.2, 0.25) is 0 Å². The van der Waals surface area contributed by atoms with Crippen molar-refractivity contribution in [1.29, 1.82) is 0 Å². The number of carbonyl (C=O) groups is 12. The molecule has 12 atom stereocenters. The summed E-state index contributed by atoms with van der Waals surface area (Å²) in [6, 6.07) is 6.71. The number of benzene rings is 2. The Morgan fingerprint density at radius 3 is 1.60 bits per heavy atom. The number of nitrogens with zero attached hydrogens (tertiary/aromatic N) is 4. The van der Waals surface area contributed by atoms with Gasteiger partial charge in [0.1, 0.15) is 66.1 Å². The molecule has 2 aromatic rings. The van der Waals surface area contributed by atoms with Crippen molar-refractivity contribution < 1.29 is 57.5 Å². The summed E-state index contributed by atoms with van der Waals surface area (Å²) in [6.45, 7) is 14.4. The molecule has 12 unspecified atom stereocenters. The molecule has 25 heteroatoms. The van der Waals surface area contributed by atoms with Crippen molar-refractivity contribution in [1.82, 2.24) is 62.1 Å². The van der Waals surface area contributed by atoms with E-state index >= 15 is 9.59 Å². The van der Waals surface area contributed by atoms with Crippen LogP contribution in [0.15, 0.2) is 72.6 Å². The third kappa shape index (κ3) is 18.0. The highest BCUT2D eigenvalue weighted by atomic mass is 16.2. The van der Waals surface area contributed by atoms with Gasteiger partial charge in [0.15, 0.2) is 0 Å². The van der Waals surface area contributed by atoms with Crippen LogP contribution in [0.25, 0.3) is 0 Å². The van der Waals surface area contributed by atoms with Gasteiger partial charge in [-0.1, -0.05) is 129 Å². The maximum atomic E-state index is 15.4. The molecule has 10 N–H and O–H groups in total. The zero-order valence-corrected chi connectivity index (χ0v) is 53.9. The monoisotopic (exact) mass is 1260 g/mol. The number of amides is 12. The molecule has 0 aromatic heterocycles. The van der Waals surface area contributed by atoms with E-state index in [9.17, 15) is 47.9 Å². The Kier molecular flexibility index (Phi) is 25.1. The third-order valence-corrected chi connectivity index (χ3v) is 18.3. The minimum Gasteiger partial charge on any atom is -0.378 e. The van der Waals surface area contributed by atoms with E-state index in [1.54, 1.807) is 52.0 Å². The van der Waals surface area contributed by atoms with E-state index in [0.29, 0.717) is 44.1 Å². The van der Waals surface area contributed by atoms with Crippen LogP contribution in [0.4, 0.5) is 0 Å². The van der Waals surface area contributed by atoms with Gasteiger partial charge in [0.2, 0.25) is 65.0 Å². The molecule has 0 aliphatic carbocycles. The molecule has 5 aliphatic rings. The minimum atomic E-state index is -1.33. The molecule has 0 spiro atoms. The quantitative estimate of drug-likeness (QED) is 0.0956. The van der Waals surface area contributed by atoms with Crippen LogP contribution < -0.4 is 48.3 Å². The summed E-state index contributed by atoms with van der Waals surface area (Å²) in [4.78, 5) is 179. The van der Waals surface area contributed by atoms with Gasteiger partial charge in [-0.05, 0) is 92.6 Å². The lowest BCUT2D eigenvalue weighted by Gasteiger charge is -2.34. The van der Waals surface area contributed by atoms with Gasteiger partial charge in [0.25, 0.3) is 5.91 Å². The summed E-state index contributed by atoms with van der Waals surface area (Å²) in [6.07, 6.45) is 4.89. The van der Waals surface area contributed by atoms with Crippen molar-refractivity contribution in [2.45, 2.75) is 199 Å². The van der Waals surface area contributed by atoms with Gasteiger partial charge in [0, 0.05) is 45.2 Å². The number of primary amides is 1. The average Bonchev–Trinajstić information content (AvgIpc) is 1.84. The Morgan fingerprint density at radius 2 is 1.05 bits per heavy atom. The fourth-order valence-electron chi connectivity index (χ4n) is 12.8. The molecule has 25 nitrogen and oxygen atoms in total. The Morgan fingerprint density at radius 1 is 0.560 bits per heavy atom. The maximum absolute atomic E-state index is 15.4. The topological polar surface area (TPSA) is 340 Å². The molecule has 496 valence electrons. The molecule has 91 heavy (non-hydrogen) atoms. The van der Waals surface area contributed by atoms with Gasteiger partial charge in [-0.3, -0.25) is 57.5 Å². The summed E-state index contributed by atoms with van der Waals surface area (Å²) in [5.74, 6) is -9.46. The van der Waals surface area contributed by atoms with Gasteiger partial charge in [-0.2, -0.15) is 0 Å². The molecule has 5 heterocycles. The van der Waals surface area contributed by atoms with Crippen molar-refractivity contribution in [2.24, 2.45) is 29.4 Å². The van der Waals surface area contributed by atoms with Crippen LogP contribution in [0.1, 0.15) is 137 Å². The third-order valence-electron chi connectivity index (χ3n) is 18.3. The standard InChI is InChI=1S/C66H95N13O12/c1-9-40(7)54(60(85)69-37-52(67)80)75-62(87)55(41(8)10-2)74-59(84)49-26-18-30-77(49)65(90)47-36-68-45(34-42-21-13-11-14-22-42)63(88)76-29-17-25-48(76)57(82)70-44(33-38(3)4)56(81)71-46(35-43-23-15-12-16-24-43)64(89)79-32-20-28-51(79)66(91)78-31-19-27-50(78)58(83)73-53(39(5)6)61(86)72-47/h11-16,21-24,36,38-41,44-46,48-51,53-55,68H,9-10,17-20,25-35,37H2,1-8H3,(H2,67,80)(H,69,85)(H,70,82)(H,71,81)(H,72,86)(H,73,83)(H,74,84)(H,75,87). The van der Waals surface area contributed by atoms with Crippen molar-refractivity contribution in [2.75, 3.05) is 32.7 Å². The molecular formula is C66H95N13O12. The lowest BCUT2D eigenvalue weighted by atomic mass is 9.94. The summed E-state index contributed by atoms with van der Waals surface area (Å²) in [5.41, 5.74) is 6.31. The molecule has 4 saturated heterocycles. The van der Waals surface area contributed by atoms with Crippen LogP contribution in [0, 0.1) is 23.7 Å². The molecule has 0 radical (unpaired) electrons. The zero-order chi connectivity index (χ0) is 66.2. The summed E-state index contributed by atoms with van der Waals surface area (Å²) in [7, 11) is 0. The number of rotatable bonds is 19. The summed E-state index contributed by atoms with van der Waals surface area (Å²) >= 11 is 0. The highest BCUT2D eigenvalue weighted by molar-refractivity contribution is 6.03. The Bertz CT molecular complexity index is 3000. The number of likely N-dealkylation sites (tertiary alicyclic amines) is 1. The van der Waals surface area contributed by atoms with Gasteiger partial charge < -0.3 is 67.9 Å². The van der Waals surface area contributed by atoms with Crippen LogP contribution in [-0.4, -0.2) is 184 Å². The van der Waals surface area contributed by atoms with Crippen molar-refractivity contribution in [3.8, 4) is 0 Å². The Balaban J connectivity index is 1.27. The van der Waals surface area contributed by atoms with E-state index in [1.807, 2.05) is 64.1 Å². The van der Waals surface area contributed by atoms with Gasteiger partial charge >= 0.3 is 0 Å². The summed E-state index contributed by atoms with van der Waals surface area (Å²) < 4.78 is 0. The number of hydrogen-bond donors (Lipinski definition) is 9. The molecule has 12 amide bonds. The maximum Gasteiger partial charge on any atom is 0.272 e. The second-order valence-electron chi connectivity index (χ2n) is 25.8. The van der Waals surface area contributed by atoms with E-state index in [2.05, 4.69) is 42.5 Å². The highest BCUT2D eigenvalue weighted by Crippen LogP contribution is 2.28. The Hall–Kier alpha value is -8.38. The normalized spacial score (nSPS) is 25.3. The number of hydrogen-bond acceptors (Lipinski definition) is 13. The molecule has 2 aromatic carbocycles. The van der Waals surface area contributed by atoms with Crippen LogP contribution in [-0.2, 0) is 70.4 Å². The smallest absolute Gasteiger partial charge is 0.272 e. The van der Waals surface area contributed by atoms with E-state index in [-0.39, 0.29) is 77.0 Å². The highest BCUT2D eigenvalue weighted by Gasteiger charge is 2.47. The van der Waals surface area contributed by atoms with Gasteiger partial charge in [-0.15, -0.1) is 0 Å². The van der Waals surface area contributed by atoms with Gasteiger partial charge in [0.05, 0.1) is 6.54 Å². The predicted molar refractivity (Wildman–Crippen MR) is 337 cm³/mol. The van der Waals surface area contributed by atoms with E-state index in [1.165, 1.54) is 25.8 Å². The van der Waals surface area contributed by atoms with Crippen molar-refractivity contribution >= 4 is 70.9 Å². The molecule has 4 fully saturated rings. The fourth-order valence-corrected chi connectivity index (χ4v) is 12.8. The van der Waals surface area contributed by atoms with E-state index < -0.39 is 161 Å². The summed E-state index contributed by atoms with van der Waals surface area (Å²) in [5, 5.41) is 22.7. The molecule has 0 saturated carbocycles. The predicted octanol–water partition coefficient (Wildman–Crippen LogP) is 1.19. The van der Waals surface area contributed by atoms with Crippen LogP contribution in [0.3, 0.4) is 0 Å². The SMILES string of the molecule is CCC(C)C(NC(=O)C(NC(=O)C1CCCN1C(=O)C1=CNC(Cc2ccccc2)C(=O)N2CCCC2C(=O)NC(CC(C)C)C(=O)NC(Cc2ccccc2)C(=O)N2CCCC2C(=O)N2CCCC2C(=O)NC(C(C)C)C(=O)N1)C(C)CC)C(=O)NCC(N)=O. The van der Waals surface area contributed by atoms with Crippen LogP contribution >= 0.6 is 0 Å². The zero-order valence-electron chi connectivity index (χ0n) is 53.9. The van der Waals surface area contributed by atoms with Crippen LogP contribution in [0.5, 0.6) is 0 Å². The first kappa shape index (κ1) is 70.1. The largest absolute Gasteiger partial charge is 0.378 e. The first-order valence-corrected chi connectivity index (χ1v) is 32.6. The van der Waals surface area contributed by atoms with Crippen molar-refractivity contribution in [3.63, 3.8) is 0 Å². The lowest BCUT2D eigenvalue weighted by molar-refractivity contribution is -0.148. The number of carbonyl (C=O) groups excluding carboxylic acids is 12. The van der Waals surface area contributed by atoms with E-state index in [0.717, 1.165) is 5.56 Å². The second kappa shape index (κ2) is 32.6. The first-order chi connectivity index (χ1) is 43.4. The first-order valence-electron chi connectivity index (χ1n) is 32.6. The molecule has 0 bridgehead atoms. The second-order valence-corrected chi connectivity index (χ2v) is 25.8. The van der Waals surface area contributed by atoms with E-state index in [4.69, 9.17) is 5.73 Å². The molecule has 5 aliphatic heterocycles. The number of nitrogens with one attached hydrogen (secondary N) is 8. The lowest BCUT2D eigenvalue weighted by Crippen LogP contribution is -2.60.